The Balaban J connectivity index is 1.28. The molecule has 0 spiro atoms. The van der Waals surface area contributed by atoms with Gasteiger partial charge in [-0.05, 0) is 63.4 Å². The Kier molecular flexibility index (Phi) is 5.25. The maximum absolute atomic E-state index is 12.4. The third kappa shape index (κ3) is 4.35. The maximum atomic E-state index is 12.4. The number of fused-ring (bicyclic) bond motifs is 2. The molecule has 1 amide bonds. The fourth-order valence-corrected chi connectivity index (χ4v) is 4.82. The van der Waals surface area contributed by atoms with Crippen LogP contribution in [-0.2, 0) is 11.3 Å². The molecule has 2 saturated heterocycles. The highest BCUT2D eigenvalue weighted by molar-refractivity contribution is 5.76. The lowest BCUT2D eigenvalue weighted by Crippen LogP contribution is -2.39. The molecular weight excluding hydrogens is 312 g/mol. The molecule has 4 rings (SSSR count). The van der Waals surface area contributed by atoms with Gasteiger partial charge in [0.1, 0.15) is 5.75 Å². The molecule has 4 nitrogen and oxygen atoms in total. The minimum Gasteiger partial charge on any atom is -0.490 e. The predicted molar refractivity (Wildman–Crippen MR) is 98.5 cm³/mol. The highest BCUT2D eigenvalue weighted by Gasteiger charge is 2.34. The number of rotatable bonds is 6. The van der Waals surface area contributed by atoms with Gasteiger partial charge in [0.15, 0.2) is 0 Å². The van der Waals surface area contributed by atoms with E-state index in [0.717, 1.165) is 37.0 Å². The van der Waals surface area contributed by atoms with Crippen LogP contribution in [0.25, 0.3) is 0 Å². The van der Waals surface area contributed by atoms with Crippen molar-refractivity contribution in [3.05, 3.63) is 29.8 Å². The molecule has 2 aliphatic heterocycles. The quantitative estimate of drug-likeness (QED) is 0.831. The summed E-state index contributed by atoms with van der Waals surface area (Å²) in [5.41, 5.74) is 1.09. The minimum atomic E-state index is 0.182. The molecule has 136 valence electrons. The van der Waals surface area contributed by atoms with Crippen LogP contribution >= 0.6 is 0 Å². The second-order valence-electron chi connectivity index (χ2n) is 8.09. The smallest absolute Gasteiger partial charge is 0.220 e. The molecule has 2 unspecified atom stereocenters. The first-order valence-corrected chi connectivity index (χ1v) is 10.0. The minimum absolute atomic E-state index is 0.182. The molecule has 3 aliphatic rings. The van der Waals surface area contributed by atoms with E-state index >= 15 is 0 Å². The maximum Gasteiger partial charge on any atom is 0.220 e. The first-order chi connectivity index (χ1) is 12.3. The monoisotopic (exact) mass is 342 g/mol. The number of ether oxygens (including phenoxy) is 1. The van der Waals surface area contributed by atoms with E-state index in [9.17, 15) is 4.79 Å². The van der Waals surface area contributed by atoms with Crippen molar-refractivity contribution in [2.75, 3.05) is 0 Å². The zero-order chi connectivity index (χ0) is 17.1. The van der Waals surface area contributed by atoms with Crippen molar-refractivity contribution in [1.29, 1.82) is 0 Å². The third-order valence-electron chi connectivity index (χ3n) is 6.09. The van der Waals surface area contributed by atoms with E-state index in [2.05, 4.69) is 16.7 Å². The van der Waals surface area contributed by atoms with Crippen molar-refractivity contribution in [2.24, 2.45) is 5.92 Å². The first kappa shape index (κ1) is 16.9. The Hall–Kier alpha value is -1.55. The summed E-state index contributed by atoms with van der Waals surface area (Å²) < 4.78 is 6.17. The second-order valence-corrected chi connectivity index (χ2v) is 8.09. The second kappa shape index (κ2) is 7.77. The molecule has 0 radical (unpaired) electrons. The van der Waals surface area contributed by atoms with Crippen LogP contribution in [0, 0.1) is 5.92 Å². The van der Waals surface area contributed by atoms with Crippen LogP contribution in [0.2, 0.25) is 0 Å². The lowest BCUT2D eigenvalue weighted by atomic mass is 9.89. The summed E-state index contributed by atoms with van der Waals surface area (Å²) in [7, 11) is 0. The summed E-state index contributed by atoms with van der Waals surface area (Å²) in [6.45, 7) is 0.569. The van der Waals surface area contributed by atoms with E-state index in [1.807, 2.05) is 18.2 Å². The van der Waals surface area contributed by atoms with Crippen LogP contribution in [-0.4, -0.2) is 24.1 Å². The number of carbonyl (C=O) groups excluding carboxylic acids is 1. The molecule has 1 aliphatic carbocycles. The van der Waals surface area contributed by atoms with Crippen LogP contribution in [0.4, 0.5) is 0 Å². The fraction of sp³-hybridized carbons (Fsp3) is 0.667. The standard InChI is InChI=1S/C21H30N2O2/c24-21(13-15-11-17-9-10-18(12-15)23-17)22-14-16-5-1-4-8-20(16)25-19-6-2-3-7-19/h1,4-5,8,15,17-19,23H,2-3,6-7,9-14H2,(H,22,24). The van der Waals surface area contributed by atoms with Crippen LogP contribution in [0.15, 0.2) is 24.3 Å². The highest BCUT2D eigenvalue weighted by Crippen LogP contribution is 2.32. The Morgan fingerprint density at radius 1 is 1.08 bits per heavy atom. The van der Waals surface area contributed by atoms with Crippen LogP contribution < -0.4 is 15.4 Å². The Morgan fingerprint density at radius 2 is 1.80 bits per heavy atom. The summed E-state index contributed by atoms with van der Waals surface area (Å²) in [4.78, 5) is 12.4. The number of piperidine rings is 1. The summed E-state index contributed by atoms with van der Waals surface area (Å²) >= 11 is 0. The molecule has 2 atom stereocenters. The molecule has 1 aromatic carbocycles. The van der Waals surface area contributed by atoms with Gasteiger partial charge in [0.05, 0.1) is 6.10 Å². The van der Waals surface area contributed by atoms with Crippen LogP contribution in [0.3, 0.4) is 0 Å². The zero-order valence-corrected chi connectivity index (χ0v) is 15.0. The van der Waals surface area contributed by atoms with E-state index < -0.39 is 0 Å². The Morgan fingerprint density at radius 3 is 2.56 bits per heavy atom. The number of nitrogens with one attached hydrogen (secondary N) is 2. The Labute approximate surface area is 150 Å². The SMILES string of the molecule is O=C(CC1CC2CCC(C1)N2)NCc1ccccc1OC1CCCC1. The van der Waals surface area contributed by atoms with Gasteiger partial charge >= 0.3 is 0 Å². The molecule has 3 fully saturated rings. The van der Waals surface area contributed by atoms with Crippen molar-refractivity contribution in [2.45, 2.75) is 82.5 Å². The average Bonchev–Trinajstić information content (AvgIpc) is 3.24. The van der Waals surface area contributed by atoms with Gasteiger partial charge in [-0.15, -0.1) is 0 Å². The molecule has 1 saturated carbocycles. The lowest BCUT2D eigenvalue weighted by molar-refractivity contribution is -0.122. The van der Waals surface area contributed by atoms with Crippen molar-refractivity contribution in [3.63, 3.8) is 0 Å². The summed E-state index contributed by atoms with van der Waals surface area (Å²) in [6.07, 6.45) is 10.7. The van der Waals surface area contributed by atoms with Gasteiger partial charge < -0.3 is 15.4 Å². The summed E-state index contributed by atoms with van der Waals surface area (Å²) in [5, 5.41) is 6.77. The number of hydrogen-bond donors (Lipinski definition) is 2. The number of para-hydroxylation sites is 1. The number of hydrogen-bond acceptors (Lipinski definition) is 3. The van der Waals surface area contributed by atoms with E-state index in [0.29, 0.717) is 37.1 Å². The van der Waals surface area contributed by atoms with E-state index in [1.165, 1.54) is 25.7 Å². The fourth-order valence-electron chi connectivity index (χ4n) is 4.82. The van der Waals surface area contributed by atoms with Crippen LogP contribution in [0.5, 0.6) is 5.75 Å². The van der Waals surface area contributed by atoms with Crippen molar-refractivity contribution in [1.82, 2.24) is 10.6 Å². The van der Waals surface area contributed by atoms with Crippen molar-refractivity contribution < 1.29 is 9.53 Å². The summed E-state index contributed by atoms with van der Waals surface area (Å²) in [6, 6.07) is 9.43. The number of benzene rings is 1. The van der Waals surface area contributed by atoms with Gasteiger partial charge in [0.25, 0.3) is 0 Å². The lowest BCUT2D eigenvalue weighted by Gasteiger charge is -2.28. The highest BCUT2D eigenvalue weighted by atomic mass is 16.5. The van der Waals surface area contributed by atoms with Gasteiger partial charge in [0, 0.05) is 30.6 Å². The average molecular weight is 342 g/mol. The molecular formula is C21H30N2O2. The number of amides is 1. The largest absolute Gasteiger partial charge is 0.490 e. The van der Waals surface area contributed by atoms with E-state index in [-0.39, 0.29) is 5.91 Å². The topological polar surface area (TPSA) is 50.4 Å². The third-order valence-corrected chi connectivity index (χ3v) is 6.09. The molecule has 2 bridgehead atoms. The molecule has 4 heteroatoms. The molecule has 0 aromatic heterocycles. The van der Waals surface area contributed by atoms with Crippen molar-refractivity contribution in [3.8, 4) is 5.75 Å². The molecule has 2 heterocycles. The van der Waals surface area contributed by atoms with E-state index in [1.54, 1.807) is 0 Å². The van der Waals surface area contributed by atoms with Gasteiger partial charge in [0.2, 0.25) is 5.91 Å². The number of carbonyl (C=O) groups is 1. The van der Waals surface area contributed by atoms with Gasteiger partial charge in [-0.3, -0.25) is 4.79 Å². The molecule has 1 aromatic rings. The van der Waals surface area contributed by atoms with E-state index in [4.69, 9.17) is 4.74 Å². The van der Waals surface area contributed by atoms with Crippen LogP contribution in [0.1, 0.15) is 63.4 Å². The van der Waals surface area contributed by atoms with Crippen molar-refractivity contribution >= 4 is 5.91 Å². The van der Waals surface area contributed by atoms with Gasteiger partial charge in [-0.2, -0.15) is 0 Å². The zero-order valence-electron chi connectivity index (χ0n) is 15.0. The van der Waals surface area contributed by atoms with Gasteiger partial charge in [-0.25, -0.2) is 0 Å². The Bertz CT molecular complexity index is 585. The normalized spacial score (nSPS) is 28.9. The molecule has 2 N–H and O–H groups in total. The predicted octanol–water partition coefficient (Wildman–Crippen LogP) is 3.54. The molecule has 25 heavy (non-hydrogen) atoms. The first-order valence-electron chi connectivity index (χ1n) is 10.0. The summed E-state index contributed by atoms with van der Waals surface area (Å²) in [5.74, 6) is 1.67. The van der Waals surface area contributed by atoms with Gasteiger partial charge in [-0.1, -0.05) is 18.2 Å².